The third-order valence-corrected chi connectivity index (χ3v) is 3.13. The van der Waals surface area contributed by atoms with Gasteiger partial charge in [-0.1, -0.05) is 30.0 Å². The highest BCUT2D eigenvalue weighted by Crippen LogP contribution is 2.15. The third kappa shape index (κ3) is 3.03. The molecule has 2 rings (SSSR count). The summed E-state index contributed by atoms with van der Waals surface area (Å²) in [5.41, 5.74) is 0. The van der Waals surface area contributed by atoms with Gasteiger partial charge in [0.2, 0.25) is 0 Å². The molecule has 1 aromatic heterocycles. The maximum Gasteiger partial charge on any atom is 0.167 e. The van der Waals surface area contributed by atoms with Gasteiger partial charge in [0.1, 0.15) is 5.75 Å². The van der Waals surface area contributed by atoms with E-state index in [1.54, 1.807) is 18.0 Å². The van der Waals surface area contributed by atoms with Crippen molar-refractivity contribution >= 4 is 11.8 Å². The van der Waals surface area contributed by atoms with Crippen molar-refractivity contribution in [3.8, 4) is 5.75 Å². The molecule has 0 saturated carbocycles. The van der Waals surface area contributed by atoms with E-state index in [1.165, 1.54) is 0 Å². The molecule has 0 aliphatic heterocycles. The largest absolute Gasteiger partial charge is 0.493 e. The predicted octanol–water partition coefficient (Wildman–Crippen LogP) is 2.59. The average Bonchev–Trinajstić information content (AvgIpc) is 2.72. The molecule has 1 aromatic carbocycles. The second-order valence-corrected chi connectivity index (χ2v) is 4.39. The minimum atomic E-state index is 0.696. The molecule has 0 bridgehead atoms. The fourth-order valence-electron chi connectivity index (χ4n) is 1.30. The zero-order valence-corrected chi connectivity index (χ0v) is 9.98. The van der Waals surface area contributed by atoms with Gasteiger partial charge in [-0.25, -0.2) is 4.98 Å². The molecule has 0 saturated heterocycles. The van der Waals surface area contributed by atoms with E-state index in [0.29, 0.717) is 6.61 Å². The molecule has 0 aliphatic rings. The summed E-state index contributed by atoms with van der Waals surface area (Å²) in [6.07, 6.45) is 3.75. The zero-order valence-electron chi connectivity index (χ0n) is 9.17. The lowest BCUT2D eigenvalue weighted by molar-refractivity contribution is 0.344. The number of thioether (sulfide) groups is 1. The maximum atomic E-state index is 5.59. The summed E-state index contributed by atoms with van der Waals surface area (Å²) in [4.78, 5) is 4.23. The van der Waals surface area contributed by atoms with Crippen LogP contribution in [-0.2, 0) is 7.05 Å². The molecule has 0 unspecified atom stereocenters. The van der Waals surface area contributed by atoms with Crippen molar-refractivity contribution in [2.75, 3.05) is 12.4 Å². The molecule has 0 N–H and O–H groups in total. The average molecular weight is 234 g/mol. The van der Waals surface area contributed by atoms with Gasteiger partial charge in [0.15, 0.2) is 5.16 Å². The van der Waals surface area contributed by atoms with Crippen LogP contribution in [0.25, 0.3) is 0 Å². The van der Waals surface area contributed by atoms with Crippen LogP contribution >= 0.6 is 11.8 Å². The standard InChI is InChI=1S/C12H14N2OS/c1-14-8-7-13-12(14)16-10-9-15-11-5-3-2-4-6-11/h2-8H,9-10H2,1H3. The van der Waals surface area contributed by atoms with Crippen LogP contribution in [0.15, 0.2) is 47.9 Å². The molecule has 84 valence electrons. The fourth-order valence-corrected chi connectivity index (χ4v) is 2.05. The van der Waals surface area contributed by atoms with E-state index < -0.39 is 0 Å². The molecule has 16 heavy (non-hydrogen) atoms. The normalized spacial score (nSPS) is 10.3. The molecule has 0 amide bonds. The highest BCUT2D eigenvalue weighted by atomic mass is 32.2. The Balaban J connectivity index is 1.72. The van der Waals surface area contributed by atoms with Crippen LogP contribution < -0.4 is 4.74 Å². The van der Waals surface area contributed by atoms with E-state index in [0.717, 1.165) is 16.7 Å². The first-order valence-corrected chi connectivity index (χ1v) is 6.13. The minimum Gasteiger partial charge on any atom is -0.493 e. The van der Waals surface area contributed by atoms with Crippen molar-refractivity contribution in [2.24, 2.45) is 7.05 Å². The van der Waals surface area contributed by atoms with Crippen LogP contribution in [0.5, 0.6) is 5.75 Å². The Morgan fingerprint density at radius 2 is 2.12 bits per heavy atom. The van der Waals surface area contributed by atoms with Gasteiger partial charge in [0.25, 0.3) is 0 Å². The number of nitrogens with zero attached hydrogens (tertiary/aromatic N) is 2. The fraction of sp³-hybridized carbons (Fsp3) is 0.250. The van der Waals surface area contributed by atoms with Crippen molar-refractivity contribution in [1.29, 1.82) is 0 Å². The van der Waals surface area contributed by atoms with E-state index >= 15 is 0 Å². The van der Waals surface area contributed by atoms with E-state index in [9.17, 15) is 0 Å². The number of ether oxygens (including phenoxy) is 1. The van der Waals surface area contributed by atoms with Gasteiger partial charge in [0.05, 0.1) is 6.61 Å². The SMILES string of the molecule is Cn1ccnc1SCCOc1ccccc1. The van der Waals surface area contributed by atoms with Gasteiger partial charge in [-0.15, -0.1) is 0 Å². The van der Waals surface area contributed by atoms with Gasteiger partial charge in [0, 0.05) is 25.2 Å². The quantitative estimate of drug-likeness (QED) is 0.588. The van der Waals surface area contributed by atoms with Crippen LogP contribution in [-0.4, -0.2) is 21.9 Å². The van der Waals surface area contributed by atoms with E-state index in [1.807, 2.05) is 48.1 Å². The summed E-state index contributed by atoms with van der Waals surface area (Å²) >= 11 is 1.70. The molecule has 3 nitrogen and oxygen atoms in total. The number of para-hydroxylation sites is 1. The molecular weight excluding hydrogens is 220 g/mol. The monoisotopic (exact) mass is 234 g/mol. The lowest BCUT2D eigenvalue weighted by atomic mass is 10.3. The number of aromatic nitrogens is 2. The summed E-state index contributed by atoms with van der Waals surface area (Å²) in [5, 5.41) is 1.02. The van der Waals surface area contributed by atoms with Gasteiger partial charge in [-0.05, 0) is 12.1 Å². The number of benzene rings is 1. The lowest BCUT2D eigenvalue weighted by Crippen LogP contribution is -2.01. The predicted molar refractivity (Wildman–Crippen MR) is 65.9 cm³/mol. The van der Waals surface area contributed by atoms with Gasteiger partial charge >= 0.3 is 0 Å². The molecular formula is C12H14N2OS. The number of imidazole rings is 1. The van der Waals surface area contributed by atoms with E-state index in [4.69, 9.17) is 4.74 Å². The van der Waals surface area contributed by atoms with Crippen LogP contribution in [0.2, 0.25) is 0 Å². The van der Waals surface area contributed by atoms with Crippen molar-refractivity contribution < 1.29 is 4.74 Å². The lowest BCUT2D eigenvalue weighted by Gasteiger charge is -2.05. The summed E-state index contributed by atoms with van der Waals surface area (Å²) in [6, 6.07) is 9.86. The summed E-state index contributed by atoms with van der Waals surface area (Å²) in [5.74, 6) is 1.82. The number of aryl methyl sites for hydroxylation is 1. The second kappa shape index (κ2) is 5.61. The Labute approximate surface area is 99.5 Å². The summed E-state index contributed by atoms with van der Waals surface area (Å²) in [7, 11) is 1.99. The molecule has 0 aliphatic carbocycles. The van der Waals surface area contributed by atoms with Gasteiger partial charge < -0.3 is 9.30 Å². The van der Waals surface area contributed by atoms with Gasteiger partial charge in [-0.3, -0.25) is 0 Å². The van der Waals surface area contributed by atoms with E-state index in [2.05, 4.69) is 4.98 Å². The van der Waals surface area contributed by atoms with Crippen LogP contribution in [0.4, 0.5) is 0 Å². The van der Waals surface area contributed by atoms with Crippen molar-refractivity contribution in [3.05, 3.63) is 42.7 Å². The molecule has 0 radical (unpaired) electrons. The molecule has 4 heteroatoms. The smallest absolute Gasteiger partial charge is 0.167 e. The van der Waals surface area contributed by atoms with Crippen molar-refractivity contribution in [1.82, 2.24) is 9.55 Å². The molecule has 0 atom stereocenters. The van der Waals surface area contributed by atoms with Crippen molar-refractivity contribution in [2.45, 2.75) is 5.16 Å². The minimum absolute atomic E-state index is 0.696. The maximum absolute atomic E-state index is 5.59. The zero-order chi connectivity index (χ0) is 11.2. The highest BCUT2D eigenvalue weighted by molar-refractivity contribution is 7.99. The first-order valence-electron chi connectivity index (χ1n) is 5.14. The van der Waals surface area contributed by atoms with E-state index in [-0.39, 0.29) is 0 Å². The second-order valence-electron chi connectivity index (χ2n) is 3.33. The Morgan fingerprint density at radius 1 is 1.31 bits per heavy atom. The summed E-state index contributed by atoms with van der Waals surface area (Å²) in [6.45, 7) is 0.696. The Bertz CT molecular complexity index is 428. The first-order chi connectivity index (χ1) is 7.86. The molecule has 0 fully saturated rings. The topological polar surface area (TPSA) is 27.1 Å². The molecule has 0 spiro atoms. The Kier molecular flexibility index (Phi) is 3.88. The van der Waals surface area contributed by atoms with Crippen LogP contribution in [0, 0.1) is 0 Å². The third-order valence-electron chi connectivity index (χ3n) is 2.10. The molecule has 1 heterocycles. The van der Waals surface area contributed by atoms with Crippen molar-refractivity contribution in [3.63, 3.8) is 0 Å². The van der Waals surface area contributed by atoms with Gasteiger partial charge in [-0.2, -0.15) is 0 Å². The van der Waals surface area contributed by atoms with Crippen LogP contribution in [0.1, 0.15) is 0 Å². The Hall–Kier alpha value is -1.42. The Morgan fingerprint density at radius 3 is 2.81 bits per heavy atom. The summed E-state index contributed by atoms with van der Waals surface area (Å²) < 4.78 is 7.59. The number of hydrogen-bond donors (Lipinski definition) is 0. The number of rotatable bonds is 5. The number of hydrogen-bond acceptors (Lipinski definition) is 3. The van der Waals surface area contributed by atoms with Crippen LogP contribution in [0.3, 0.4) is 0 Å². The molecule has 2 aromatic rings. The first kappa shape index (κ1) is 11.1. The highest BCUT2D eigenvalue weighted by Gasteiger charge is 1.99.